The van der Waals surface area contributed by atoms with Crippen LogP contribution >= 0.6 is 0 Å². The molecule has 0 spiro atoms. The van der Waals surface area contributed by atoms with Crippen molar-refractivity contribution in [3.8, 4) is 0 Å². The van der Waals surface area contributed by atoms with Crippen molar-refractivity contribution in [2.24, 2.45) is 5.73 Å². The van der Waals surface area contributed by atoms with Crippen molar-refractivity contribution in [3.63, 3.8) is 0 Å². The molecule has 110 valence electrons. The van der Waals surface area contributed by atoms with Crippen molar-refractivity contribution in [2.45, 2.75) is 38.0 Å². The van der Waals surface area contributed by atoms with Crippen LogP contribution in [0.2, 0.25) is 0 Å². The highest BCUT2D eigenvalue weighted by Crippen LogP contribution is 2.40. The Hall–Kier alpha value is -1.56. The quantitative estimate of drug-likeness (QED) is 0.928. The molecule has 2 atom stereocenters. The molecule has 1 aliphatic heterocycles. The van der Waals surface area contributed by atoms with Crippen LogP contribution in [-0.4, -0.2) is 23.4 Å². The van der Waals surface area contributed by atoms with Crippen molar-refractivity contribution in [3.05, 3.63) is 35.4 Å². The molecule has 1 aliphatic rings. The van der Waals surface area contributed by atoms with Crippen LogP contribution in [0.5, 0.6) is 0 Å². The summed E-state index contributed by atoms with van der Waals surface area (Å²) >= 11 is 0. The van der Waals surface area contributed by atoms with E-state index in [9.17, 15) is 18.0 Å². The van der Waals surface area contributed by atoms with Gasteiger partial charge in [0, 0.05) is 19.0 Å². The van der Waals surface area contributed by atoms with Crippen molar-refractivity contribution in [1.82, 2.24) is 4.90 Å². The van der Waals surface area contributed by atoms with Gasteiger partial charge in [-0.05, 0) is 18.1 Å². The Bertz CT molecular complexity index is 501. The normalized spacial score (nSPS) is 23.4. The molecule has 3 nitrogen and oxygen atoms in total. The van der Waals surface area contributed by atoms with Gasteiger partial charge in [-0.2, -0.15) is 13.2 Å². The van der Waals surface area contributed by atoms with Gasteiger partial charge < -0.3 is 10.6 Å². The molecule has 1 aromatic carbocycles. The average molecular weight is 286 g/mol. The standard InChI is InChI=1S/C14H17F3N2O/c1-2-7-19-12(20)8-11(18)13(19)9-5-3-4-6-10(9)14(15,16)17/h3-6,11,13H,2,7-8,18H2,1H3. The monoisotopic (exact) mass is 286 g/mol. The van der Waals surface area contributed by atoms with Crippen LogP contribution in [-0.2, 0) is 11.0 Å². The number of alkyl halides is 3. The fourth-order valence-electron chi connectivity index (χ4n) is 2.73. The van der Waals surface area contributed by atoms with E-state index in [1.807, 2.05) is 6.92 Å². The Morgan fingerprint density at radius 2 is 2.00 bits per heavy atom. The van der Waals surface area contributed by atoms with Gasteiger partial charge in [-0.1, -0.05) is 25.1 Å². The van der Waals surface area contributed by atoms with Gasteiger partial charge in [0.25, 0.3) is 0 Å². The molecule has 1 heterocycles. The molecular formula is C14H17F3N2O. The number of likely N-dealkylation sites (tertiary alicyclic amines) is 1. The minimum Gasteiger partial charge on any atom is -0.334 e. The van der Waals surface area contributed by atoms with E-state index in [-0.39, 0.29) is 17.9 Å². The minimum atomic E-state index is -4.44. The molecule has 0 bridgehead atoms. The van der Waals surface area contributed by atoms with Crippen molar-refractivity contribution in [1.29, 1.82) is 0 Å². The molecular weight excluding hydrogens is 269 g/mol. The highest BCUT2D eigenvalue weighted by Gasteiger charge is 2.43. The number of amides is 1. The summed E-state index contributed by atoms with van der Waals surface area (Å²) in [5.74, 6) is -0.179. The second-order valence-electron chi connectivity index (χ2n) is 4.98. The van der Waals surface area contributed by atoms with Crippen LogP contribution < -0.4 is 5.73 Å². The molecule has 2 rings (SSSR count). The first-order chi connectivity index (χ1) is 9.36. The molecule has 0 aliphatic carbocycles. The largest absolute Gasteiger partial charge is 0.416 e. The smallest absolute Gasteiger partial charge is 0.334 e. The van der Waals surface area contributed by atoms with Crippen LogP contribution in [0.1, 0.15) is 36.9 Å². The number of halogens is 3. The number of carbonyl (C=O) groups is 1. The van der Waals surface area contributed by atoms with E-state index in [1.165, 1.54) is 17.0 Å². The average Bonchev–Trinajstić information content (AvgIpc) is 2.64. The molecule has 1 amide bonds. The first-order valence-corrected chi connectivity index (χ1v) is 6.57. The molecule has 2 N–H and O–H groups in total. The van der Waals surface area contributed by atoms with Gasteiger partial charge in [0.2, 0.25) is 5.91 Å². The maximum Gasteiger partial charge on any atom is 0.416 e. The third-order valence-corrected chi connectivity index (χ3v) is 3.52. The SMILES string of the molecule is CCCN1C(=O)CC(N)C1c1ccccc1C(F)(F)F. The van der Waals surface area contributed by atoms with Crippen LogP contribution in [0.4, 0.5) is 13.2 Å². The lowest BCUT2D eigenvalue weighted by molar-refractivity contribution is -0.139. The molecule has 0 saturated carbocycles. The Balaban J connectivity index is 2.46. The zero-order chi connectivity index (χ0) is 14.9. The number of nitrogens with two attached hydrogens (primary N) is 1. The third kappa shape index (κ3) is 2.65. The molecule has 1 fully saturated rings. The van der Waals surface area contributed by atoms with Gasteiger partial charge >= 0.3 is 6.18 Å². The predicted octanol–water partition coefficient (Wildman–Crippen LogP) is 2.72. The summed E-state index contributed by atoms with van der Waals surface area (Å²) < 4.78 is 39.3. The second-order valence-corrected chi connectivity index (χ2v) is 4.98. The topological polar surface area (TPSA) is 46.3 Å². The van der Waals surface area contributed by atoms with E-state index < -0.39 is 23.8 Å². The summed E-state index contributed by atoms with van der Waals surface area (Å²) in [6.07, 6.45) is -3.67. The molecule has 0 radical (unpaired) electrons. The number of hydrogen-bond donors (Lipinski definition) is 1. The summed E-state index contributed by atoms with van der Waals surface area (Å²) in [4.78, 5) is 13.4. The van der Waals surface area contributed by atoms with Crippen LogP contribution in [0, 0.1) is 0 Å². The number of benzene rings is 1. The number of carbonyl (C=O) groups excluding carboxylic acids is 1. The first-order valence-electron chi connectivity index (χ1n) is 6.57. The molecule has 0 aromatic heterocycles. The number of rotatable bonds is 3. The van der Waals surface area contributed by atoms with E-state index in [2.05, 4.69) is 0 Å². The van der Waals surface area contributed by atoms with E-state index in [0.717, 1.165) is 6.07 Å². The maximum absolute atomic E-state index is 13.1. The van der Waals surface area contributed by atoms with Gasteiger partial charge in [-0.3, -0.25) is 4.79 Å². The molecule has 2 unspecified atom stereocenters. The number of nitrogens with zero attached hydrogens (tertiary/aromatic N) is 1. The first kappa shape index (κ1) is 14.8. The van der Waals surface area contributed by atoms with E-state index in [1.54, 1.807) is 6.07 Å². The second kappa shape index (κ2) is 5.44. The lowest BCUT2D eigenvalue weighted by Gasteiger charge is -2.29. The van der Waals surface area contributed by atoms with Gasteiger partial charge in [0.15, 0.2) is 0 Å². The van der Waals surface area contributed by atoms with E-state index >= 15 is 0 Å². The van der Waals surface area contributed by atoms with Crippen molar-refractivity contribution < 1.29 is 18.0 Å². The highest BCUT2D eigenvalue weighted by atomic mass is 19.4. The van der Waals surface area contributed by atoms with Crippen LogP contribution in [0.25, 0.3) is 0 Å². The summed E-state index contributed by atoms with van der Waals surface area (Å²) in [7, 11) is 0. The van der Waals surface area contributed by atoms with Gasteiger partial charge in [0.1, 0.15) is 0 Å². The summed E-state index contributed by atoms with van der Waals surface area (Å²) in [5.41, 5.74) is 5.28. The minimum absolute atomic E-state index is 0.0896. The van der Waals surface area contributed by atoms with E-state index in [4.69, 9.17) is 5.73 Å². The lowest BCUT2D eigenvalue weighted by Crippen LogP contribution is -2.35. The lowest BCUT2D eigenvalue weighted by atomic mass is 9.95. The number of hydrogen-bond acceptors (Lipinski definition) is 2. The van der Waals surface area contributed by atoms with Gasteiger partial charge in [-0.25, -0.2) is 0 Å². The predicted molar refractivity (Wildman–Crippen MR) is 68.8 cm³/mol. The summed E-state index contributed by atoms with van der Waals surface area (Å²) in [5, 5.41) is 0. The van der Waals surface area contributed by atoms with Gasteiger partial charge in [0.05, 0.1) is 11.6 Å². The molecule has 6 heteroatoms. The summed E-state index contributed by atoms with van der Waals surface area (Å²) in [6, 6.07) is 4.05. The third-order valence-electron chi connectivity index (χ3n) is 3.52. The Morgan fingerprint density at radius 1 is 1.35 bits per heavy atom. The summed E-state index contributed by atoms with van der Waals surface area (Å²) in [6.45, 7) is 2.30. The Labute approximate surface area is 115 Å². The van der Waals surface area contributed by atoms with Crippen LogP contribution in [0.3, 0.4) is 0 Å². The van der Waals surface area contributed by atoms with Gasteiger partial charge in [-0.15, -0.1) is 0 Å². The van der Waals surface area contributed by atoms with Crippen molar-refractivity contribution >= 4 is 5.91 Å². The van der Waals surface area contributed by atoms with Crippen LogP contribution in [0.15, 0.2) is 24.3 Å². The molecule has 1 aromatic rings. The van der Waals surface area contributed by atoms with Crippen molar-refractivity contribution in [2.75, 3.05) is 6.54 Å². The highest BCUT2D eigenvalue weighted by molar-refractivity contribution is 5.80. The fourth-order valence-corrected chi connectivity index (χ4v) is 2.73. The molecule has 20 heavy (non-hydrogen) atoms. The molecule has 1 saturated heterocycles. The fraction of sp³-hybridized carbons (Fsp3) is 0.500. The maximum atomic E-state index is 13.1. The zero-order valence-corrected chi connectivity index (χ0v) is 11.2. The Morgan fingerprint density at radius 3 is 2.60 bits per heavy atom. The zero-order valence-electron chi connectivity index (χ0n) is 11.2. The Kier molecular flexibility index (Phi) is 4.04. The van der Waals surface area contributed by atoms with E-state index in [0.29, 0.717) is 13.0 Å².